The van der Waals surface area contributed by atoms with E-state index in [1.165, 1.54) is 18.7 Å². The van der Waals surface area contributed by atoms with Gasteiger partial charge in [0.15, 0.2) is 5.16 Å². The first-order chi connectivity index (χ1) is 16.0. The molecule has 0 aliphatic rings. The van der Waals surface area contributed by atoms with Gasteiger partial charge in [0, 0.05) is 30.5 Å². The van der Waals surface area contributed by atoms with Crippen LogP contribution in [-0.4, -0.2) is 27.1 Å². The molecule has 4 aromatic rings. The van der Waals surface area contributed by atoms with Crippen LogP contribution in [0.4, 0.5) is 11.4 Å². The Bertz CT molecular complexity index is 1350. The van der Waals surface area contributed by atoms with Crippen LogP contribution in [-0.2, 0) is 9.59 Å². The largest absolute Gasteiger partial charge is 0.326 e. The first-order valence-corrected chi connectivity index (χ1v) is 11.4. The van der Waals surface area contributed by atoms with E-state index in [-0.39, 0.29) is 23.8 Å². The third-order valence-corrected chi connectivity index (χ3v) is 5.75. The summed E-state index contributed by atoms with van der Waals surface area (Å²) in [5.41, 5.74) is 2.52. The van der Waals surface area contributed by atoms with Gasteiger partial charge < -0.3 is 10.6 Å². The molecule has 0 radical (unpaired) electrons. The molecule has 0 saturated carbocycles. The monoisotopic (exact) mass is 458 g/mol. The third kappa shape index (κ3) is 5.48. The summed E-state index contributed by atoms with van der Waals surface area (Å²) in [5.74, 6) is 0.150. The van der Waals surface area contributed by atoms with Crippen molar-refractivity contribution in [1.29, 1.82) is 0 Å². The molecule has 8 heteroatoms. The summed E-state index contributed by atoms with van der Waals surface area (Å²) < 4.78 is 1.59. The van der Waals surface area contributed by atoms with Crippen molar-refractivity contribution < 1.29 is 9.59 Å². The summed E-state index contributed by atoms with van der Waals surface area (Å²) in [6, 6.07) is 23.5. The second-order valence-corrected chi connectivity index (χ2v) is 8.35. The number of thioether (sulfide) groups is 1. The van der Waals surface area contributed by atoms with Gasteiger partial charge in [-0.2, -0.15) is 0 Å². The molecule has 0 aliphatic heterocycles. The van der Waals surface area contributed by atoms with Crippen LogP contribution in [0.2, 0.25) is 0 Å². The van der Waals surface area contributed by atoms with Gasteiger partial charge in [-0.15, -0.1) is 0 Å². The number of amides is 2. The predicted molar refractivity (Wildman–Crippen MR) is 132 cm³/mol. The first-order valence-electron chi connectivity index (χ1n) is 10.4. The summed E-state index contributed by atoms with van der Waals surface area (Å²) in [7, 11) is 0. The number of aromatic nitrogens is 2. The third-order valence-electron chi connectivity index (χ3n) is 4.81. The summed E-state index contributed by atoms with van der Waals surface area (Å²) in [5, 5.41) is 6.61. The Labute approximate surface area is 194 Å². The summed E-state index contributed by atoms with van der Waals surface area (Å²) in [4.78, 5) is 41.4. The normalized spacial score (nSPS) is 10.7. The number of fused-ring (bicyclic) bond motifs is 1. The number of anilines is 2. The highest BCUT2D eigenvalue weighted by Crippen LogP contribution is 2.22. The number of nitrogens with zero attached hydrogens (tertiary/aromatic N) is 2. The molecular weight excluding hydrogens is 436 g/mol. The number of benzene rings is 3. The second-order valence-electron chi connectivity index (χ2n) is 7.29. The first kappa shape index (κ1) is 22.3. The topological polar surface area (TPSA) is 93.1 Å². The van der Waals surface area contributed by atoms with E-state index in [9.17, 15) is 14.4 Å². The van der Waals surface area contributed by atoms with Crippen LogP contribution in [0.15, 0.2) is 88.8 Å². The molecule has 7 nitrogen and oxygen atoms in total. The zero-order valence-corrected chi connectivity index (χ0v) is 18.8. The van der Waals surface area contributed by atoms with E-state index in [2.05, 4.69) is 15.6 Å². The number of hydrogen-bond donors (Lipinski definition) is 2. The van der Waals surface area contributed by atoms with E-state index in [1.54, 1.807) is 34.9 Å². The molecule has 1 heterocycles. The number of carbonyl (C=O) groups is 2. The van der Waals surface area contributed by atoms with Crippen LogP contribution in [0.5, 0.6) is 0 Å². The van der Waals surface area contributed by atoms with Crippen molar-refractivity contribution in [3.63, 3.8) is 0 Å². The molecule has 1 aromatic heterocycles. The van der Waals surface area contributed by atoms with Crippen molar-refractivity contribution in [2.24, 2.45) is 0 Å². The number of carbonyl (C=O) groups excluding carboxylic acids is 2. The van der Waals surface area contributed by atoms with Gasteiger partial charge in [0.05, 0.1) is 16.6 Å². The van der Waals surface area contributed by atoms with Crippen LogP contribution in [0.25, 0.3) is 16.6 Å². The molecule has 0 saturated heterocycles. The van der Waals surface area contributed by atoms with Gasteiger partial charge >= 0.3 is 0 Å². The van der Waals surface area contributed by atoms with E-state index >= 15 is 0 Å². The zero-order valence-electron chi connectivity index (χ0n) is 17.9. The summed E-state index contributed by atoms with van der Waals surface area (Å²) in [6.45, 7) is 1.44. The quantitative estimate of drug-likeness (QED) is 0.315. The highest BCUT2D eigenvalue weighted by Gasteiger charge is 2.14. The second kappa shape index (κ2) is 10.1. The van der Waals surface area contributed by atoms with Crippen molar-refractivity contribution in [2.45, 2.75) is 18.5 Å². The average molecular weight is 459 g/mol. The fourth-order valence-electron chi connectivity index (χ4n) is 3.31. The molecule has 4 rings (SSSR count). The molecule has 2 amide bonds. The van der Waals surface area contributed by atoms with Crippen LogP contribution in [0.3, 0.4) is 0 Å². The lowest BCUT2D eigenvalue weighted by Crippen LogP contribution is -2.22. The molecule has 0 fully saturated rings. The van der Waals surface area contributed by atoms with E-state index in [1.807, 2.05) is 48.5 Å². The maximum absolute atomic E-state index is 13.2. The minimum Gasteiger partial charge on any atom is -0.326 e. The van der Waals surface area contributed by atoms with Crippen LogP contribution >= 0.6 is 11.8 Å². The molecule has 2 N–H and O–H groups in total. The van der Waals surface area contributed by atoms with Gasteiger partial charge in [0.2, 0.25) is 11.8 Å². The van der Waals surface area contributed by atoms with Gasteiger partial charge in [-0.1, -0.05) is 42.1 Å². The van der Waals surface area contributed by atoms with Crippen molar-refractivity contribution in [3.8, 4) is 5.69 Å². The van der Waals surface area contributed by atoms with Crippen LogP contribution in [0, 0.1) is 0 Å². The average Bonchev–Trinajstić information content (AvgIpc) is 2.81. The van der Waals surface area contributed by atoms with E-state index in [0.29, 0.717) is 33.2 Å². The molecule has 0 atom stereocenters. The predicted octanol–water partition coefficient (Wildman–Crippen LogP) is 4.47. The van der Waals surface area contributed by atoms with Crippen molar-refractivity contribution >= 4 is 45.9 Å². The lowest BCUT2D eigenvalue weighted by atomic mass is 10.2. The Morgan fingerprint density at radius 3 is 2.21 bits per heavy atom. The van der Waals surface area contributed by atoms with Gasteiger partial charge in [-0.3, -0.25) is 19.0 Å². The molecular formula is C25H22N4O3S. The molecule has 166 valence electrons. The van der Waals surface area contributed by atoms with Gasteiger partial charge in [-0.05, 0) is 48.5 Å². The fourth-order valence-corrected chi connectivity index (χ4v) is 4.26. The maximum atomic E-state index is 13.2. The Morgan fingerprint density at radius 1 is 0.879 bits per heavy atom. The van der Waals surface area contributed by atoms with Gasteiger partial charge in [0.1, 0.15) is 0 Å². The lowest BCUT2D eigenvalue weighted by molar-refractivity contribution is -0.116. The number of rotatable bonds is 7. The molecule has 0 bridgehead atoms. The molecule has 0 aliphatic carbocycles. The summed E-state index contributed by atoms with van der Waals surface area (Å²) >= 11 is 1.36. The van der Waals surface area contributed by atoms with Crippen molar-refractivity contribution in [3.05, 3.63) is 89.2 Å². The highest BCUT2D eigenvalue weighted by atomic mass is 32.2. The van der Waals surface area contributed by atoms with Crippen molar-refractivity contribution in [2.75, 3.05) is 16.4 Å². The van der Waals surface area contributed by atoms with E-state index in [4.69, 9.17) is 0 Å². The highest BCUT2D eigenvalue weighted by molar-refractivity contribution is 7.99. The SMILES string of the molecule is CC(=O)Nc1ccc(NC(=O)CCSc2nc3ccccc3c(=O)n2-c2ccccc2)cc1. The lowest BCUT2D eigenvalue weighted by Gasteiger charge is -2.13. The standard InChI is InChI=1S/C25H22N4O3S/c1-17(30)26-18-11-13-19(14-12-18)27-23(31)15-16-33-25-28-22-10-6-5-9-21(22)24(32)29(25)20-7-3-2-4-8-20/h2-14H,15-16H2,1H3,(H,26,30)(H,27,31). The minimum atomic E-state index is -0.153. The van der Waals surface area contributed by atoms with Crippen LogP contribution < -0.4 is 16.2 Å². The molecule has 0 spiro atoms. The summed E-state index contributed by atoms with van der Waals surface area (Å²) in [6.07, 6.45) is 0.246. The molecule has 3 aromatic carbocycles. The smallest absolute Gasteiger partial charge is 0.266 e. The van der Waals surface area contributed by atoms with Crippen molar-refractivity contribution in [1.82, 2.24) is 9.55 Å². The number of nitrogens with one attached hydrogen (secondary N) is 2. The van der Waals surface area contributed by atoms with Gasteiger partial charge in [-0.25, -0.2) is 4.98 Å². The Balaban J connectivity index is 1.47. The van der Waals surface area contributed by atoms with Gasteiger partial charge in [0.25, 0.3) is 5.56 Å². The van der Waals surface area contributed by atoms with E-state index < -0.39 is 0 Å². The molecule has 33 heavy (non-hydrogen) atoms. The Hall–Kier alpha value is -3.91. The maximum Gasteiger partial charge on any atom is 0.266 e. The minimum absolute atomic E-state index is 0.141. The Kier molecular flexibility index (Phi) is 6.85. The van der Waals surface area contributed by atoms with Crippen LogP contribution in [0.1, 0.15) is 13.3 Å². The fraction of sp³-hybridized carbons (Fsp3) is 0.120. The molecule has 0 unspecified atom stereocenters. The number of hydrogen-bond acceptors (Lipinski definition) is 5. The Morgan fingerprint density at radius 2 is 1.52 bits per heavy atom. The number of para-hydroxylation sites is 2. The van der Waals surface area contributed by atoms with E-state index in [0.717, 1.165) is 5.69 Å². The zero-order chi connectivity index (χ0) is 23.2.